The number of fused-ring (bicyclic) bond motifs is 1. The highest BCUT2D eigenvalue weighted by Gasteiger charge is 2.17. The van der Waals surface area contributed by atoms with Crippen LogP contribution in [0.3, 0.4) is 0 Å². The van der Waals surface area contributed by atoms with Crippen molar-refractivity contribution in [1.29, 1.82) is 5.41 Å². The van der Waals surface area contributed by atoms with Crippen molar-refractivity contribution < 1.29 is 9.50 Å². The molecular weight excluding hydrogens is 271 g/mol. The molecule has 1 aromatic carbocycles. The van der Waals surface area contributed by atoms with Crippen molar-refractivity contribution in [2.45, 2.75) is 13.5 Å². The minimum Gasteiger partial charge on any atom is -0.493 e. The fourth-order valence-electron chi connectivity index (χ4n) is 2.47. The molecule has 1 aliphatic rings. The van der Waals surface area contributed by atoms with Gasteiger partial charge in [-0.05, 0) is 25.1 Å². The van der Waals surface area contributed by atoms with Crippen LogP contribution in [0.25, 0.3) is 11.6 Å². The van der Waals surface area contributed by atoms with Gasteiger partial charge in [-0.1, -0.05) is 0 Å². The first kappa shape index (κ1) is 13.4. The predicted octanol–water partition coefficient (Wildman–Crippen LogP) is 2.43. The van der Waals surface area contributed by atoms with E-state index in [9.17, 15) is 9.50 Å². The van der Waals surface area contributed by atoms with Gasteiger partial charge >= 0.3 is 0 Å². The summed E-state index contributed by atoms with van der Waals surface area (Å²) in [6, 6.07) is 4.42. The third-order valence-electron chi connectivity index (χ3n) is 3.64. The number of aromatic hydroxyl groups is 1. The zero-order valence-corrected chi connectivity index (χ0v) is 11.8. The molecule has 0 bridgehead atoms. The molecule has 1 aliphatic heterocycles. The Labute approximate surface area is 120 Å². The zero-order chi connectivity index (χ0) is 15.1. The van der Waals surface area contributed by atoms with Crippen LogP contribution in [0.1, 0.15) is 18.2 Å². The summed E-state index contributed by atoms with van der Waals surface area (Å²) < 4.78 is 16.3. The lowest BCUT2D eigenvalue weighted by Crippen LogP contribution is -2.22. The van der Waals surface area contributed by atoms with Crippen LogP contribution in [0, 0.1) is 11.2 Å². The Balaban J connectivity index is 2.15. The molecule has 0 amide bonds. The molecule has 5 nitrogen and oxygen atoms in total. The molecule has 0 saturated heterocycles. The molecule has 0 radical (unpaired) electrons. The summed E-state index contributed by atoms with van der Waals surface area (Å²) >= 11 is 0. The van der Waals surface area contributed by atoms with Crippen molar-refractivity contribution in [2.75, 3.05) is 0 Å². The molecule has 2 N–H and O–H groups in total. The van der Waals surface area contributed by atoms with E-state index < -0.39 is 0 Å². The Morgan fingerprint density at radius 2 is 2.19 bits per heavy atom. The molecule has 2 heterocycles. The van der Waals surface area contributed by atoms with Crippen LogP contribution in [0.5, 0.6) is 5.88 Å². The molecule has 6 heteroatoms. The number of aromatic nitrogens is 2. The van der Waals surface area contributed by atoms with E-state index in [2.05, 4.69) is 4.99 Å². The number of rotatable bonds is 2. The number of nitrogens with zero attached hydrogens (tertiary/aromatic N) is 3. The van der Waals surface area contributed by atoms with Gasteiger partial charge in [-0.15, -0.1) is 0 Å². The van der Waals surface area contributed by atoms with E-state index in [1.807, 2.05) is 6.92 Å². The minimum atomic E-state index is -0.328. The Hall–Kier alpha value is -2.63. The Kier molecular flexibility index (Phi) is 3.01. The third-order valence-corrected chi connectivity index (χ3v) is 3.64. The van der Waals surface area contributed by atoms with Gasteiger partial charge in [-0.3, -0.25) is 15.0 Å². The fourth-order valence-corrected chi connectivity index (χ4v) is 2.47. The van der Waals surface area contributed by atoms with Gasteiger partial charge in [0.25, 0.3) is 0 Å². The molecule has 0 fully saturated rings. The van der Waals surface area contributed by atoms with Crippen LogP contribution in [0.2, 0.25) is 0 Å². The first-order valence-electron chi connectivity index (χ1n) is 6.61. The maximum Gasteiger partial charge on any atom is 0.218 e. The first-order chi connectivity index (χ1) is 10.0. The first-order valence-corrected chi connectivity index (χ1v) is 6.61. The highest BCUT2D eigenvalue weighted by molar-refractivity contribution is 6.21. The Morgan fingerprint density at radius 3 is 2.86 bits per heavy atom. The molecule has 21 heavy (non-hydrogen) atoms. The number of halogens is 1. The van der Waals surface area contributed by atoms with Crippen LogP contribution >= 0.6 is 0 Å². The van der Waals surface area contributed by atoms with Crippen molar-refractivity contribution >= 4 is 23.6 Å². The standard InChI is InChI=1S/C15H15FN4O/c1-3-20-14(21)13(19(2)15(20)17)6-9-8-18-12-7-10(16)4-5-11(9)12/h4-8,17,21H,3H2,1-2H3. The number of benzene rings is 1. The lowest BCUT2D eigenvalue weighted by Gasteiger charge is -2.01. The number of nitrogens with one attached hydrogen (secondary N) is 1. The van der Waals surface area contributed by atoms with Crippen molar-refractivity contribution in [2.24, 2.45) is 12.0 Å². The van der Waals surface area contributed by atoms with E-state index in [0.717, 1.165) is 11.1 Å². The maximum absolute atomic E-state index is 13.2. The van der Waals surface area contributed by atoms with Gasteiger partial charge < -0.3 is 9.67 Å². The van der Waals surface area contributed by atoms with Crippen molar-refractivity contribution in [3.63, 3.8) is 0 Å². The van der Waals surface area contributed by atoms with Crippen molar-refractivity contribution in [3.05, 3.63) is 40.9 Å². The summed E-state index contributed by atoms with van der Waals surface area (Å²) in [5.41, 5.74) is 2.91. The van der Waals surface area contributed by atoms with E-state index >= 15 is 0 Å². The van der Waals surface area contributed by atoms with Gasteiger partial charge in [0.15, 0.2) is 0 Å². The lowest BCUT2D eigenvalue weighted by atomic mass is 10.1. The number of hydrogen-bond acceptors (Lipinski definition) is 3. The second-order valence-corrected chi connectivity index (χ2v) is 4.86. The van der Waals surface area contributed by atoms with Crippen molar-refractivity contribution in [1.82, 2.24) is 9.13 Å². The van der Waals surface area contributed by atoms with E-state index in [4.69, 9.17) is 5.41 Å². The monoisotopic (exact) mass is 286 g/mol. The molecule has 0 saturated carbocycles. The average Bonchev–Trinajstić information content (AvgIpc) is 2.94. The Bertz CT molecular complexity index is 842. The van der Waals surface area contributed by atoms with Gasteiger partial charge in [0.2, 0.25) is 11.5 Å². The van der Waals surface area contributed by atoms with E-state index in [-0.39, 0.29) is 17.3 Å². The normalized spacial score (nSPS) is 14.9. The van der Waals surface area contributed by atoms with Gasteiger partial charge in [-0.25, -0.2) is 4.39 Å². The van der Waals surface area contributed by atoms with Crippen LogP contribution in [-0.2, 0) is 13.6 Å². The molecular formula is C15H15FN4O. The second kappa shape index (κ2) is 4.73. The number of aliphatic imine (C=N–C) groups is 1. The van der Waals surface area contributed by atoms with E-state index in [0.29, 0.717) is 17.9 Å². The van der Waals surface area contributed by atoms with Crippen molar-refractivity contribution in [3.8, 4) is 5.88 Å². The fraction of sp³-hybridized carbons (Fsp3) is 0.200. The smallest absolute Gasteiger partial charge is 0.218 e. The maximum atomic E-state index is 13.2. The lowest BCUT2D eigenvalue weighted by molar-refractivity contribution is 0.415. The molecule has 0 aliphatic carbocycles. The average molecular weight is 286 g/mol. The highest BCUT2D eigenvalue weighted by atomic mass is 19.1. The third kappa shape index (κ3) is 1.99. The zero-order valence-electron chi connectivity index (χ0n) is 11.8. The molecule has 1 aromatic heterocycles. The van der Waals surface area contributed by atoms with E-state index in [1.54, 1.807) is 30.0 Å². The van der Waals surface area contributed by atoms with Gasteiger partial charge in [-0.2, -0.15) is 0 Å². The summed E-state index contributed by atoms with van der Waals surface area (Å²) in [5, 5.41) is 18.2. The topological polar surface area (TPSA) is 66.3 Å². The molecule has 108 valence electrons. The van der Waals surface area contributed by atoms with Gasteiger partial charge in [0.1, 0.15) is 11.5 Å². The van der Waals surface area contributed by atoms with Gasteiger partial charge in [0.05, 0.1) is 5.69 Å². The SMILES string of the molecule is CCn1c(O)c(C=C2C=Nc3cc(F)ccc32)n(C)c1=N. The molecule has 0 spiro atoms. The highest BCUT2D eigenvalue weighted by Crippen LogP contribution is 2.34. The predicted molar refractivity (Wildman–Crippen MR) is 79.0 cm³/mol. The van der Waals surface area contributed by atoms with Gasteiger partial charge in [0, 0.05) is 37.0 Å². The van der Waals surface area contributed by atoms with E-state index in [1.165, 1.54) is 16.7 Å². The number of allylic oxidation sites excluding steroid dienone is 1. The summed E-state index contributed by atoms with van der Waals surface area (Å²) in [6.45, 7) is 2.38. The summed E-state index contributed by atoms with van der Waals surface area (Å²) in [6.07, 6.45) is 3.39. The molecule has 0 unspecified atom stereocenters. The quantitative estimate of drug-likeness (QED) is 0.874. The summed E-state index contributed by atoms with van der Waals surface area (Å²) in [7, 11) is 1.72. The Morgan fingerprint density at radius 1 is 1.43 bits per heavy atom. The largest absolute Gasteiger partial charge is 0.493 e. The molecule has 3 rings (SSSR count). The minimum absolute atomic E-state index is 0.0430. The van der Waals surface area contributed by atoms with Crippen LogP contribution < -0.4 is 5.62 Å². The van der Waals surface area contributed by atoms with Crippen LogP contribution in [0.15, 0.2) is 23.2 Å². The number of imidazole rings is 1. The molecule has 0 atom stereocenters. The second-order valence-electron chi connectivity index (χ2n) is 4.86. The summed E-state index contributed by atoms with van der Waals surface area (Å²) in [4.78, 5) is 4.17. The molecule has 2 aromatic rings. The van der Waals surface area contributed by atoms with Crippen LogP contribution in [-0.4, -0.2) is 20.5 Å². The number of hydrogen-bond donors (Lipinski definition) is 2. The van der Waals surface area contributed by atoms with Crippen LogP contribution in [0.4, 0.5) is 10.1 Å². The summed E-state index contributed by atoms with van der Waals surface area (Å²) in [5.74, 6) is -0.285.